The van der Waals surface area contributed by atoms with Crippen molar-refractivity contribution < 1.29 is 18.7 Å². The monoisotopic (exact) mass is 400 g/mol. The van der Waals surface area contributed by atoms with Crippen LogP contribution in [0.1, 0.15) is 17.5 Å². The number of methoxy groups -OCH3 is 2. The second kappa shape index (κ2) is 11.9. The number of hydrogen-bond donors (Lipinski definition) is 1. The second-order valence-corrected chi connectivity index (χ2v) is 6.77. The lowest BCUT2D eigenvalue weighted by molar-refractivity contribution is -0.116. The fourth-order valence-electron chi connectivity index (χ4n) is 2.83. The molecule has 0 atom stereocenters. The molecule has 0 heterocycles. The fourth-order valence-corrected chi connectivity index (χ4v) is 2.83. The molecule has 1 N–H and O–H groups in total. The topological polar surface area (TPSA) is 50.8 Å². The molecule has 29 heavy (non-hydrogen) atoms. The van der Waals surface area contributed by atoms with Gasteiger partial charge in [-0.05, 0) is 67.9 Å². The van der Waals surface area contributed by atoms with E-state index in [9.17, 15) is 9.18 Å². The minimum Gasteiger partial charge on any atom is -0.493 e. The molecule has 0 spiro atoms. The third kappa shape index (κ3) is 7.95. The van der Waals surface area contributed by atoms with Crippen LogP contribution in [0.3, 0.4) is 0 Å². The zero-order valence-corrected chi connectivity index (χ0v) is 17.3. The van der Waals surface area contributed by atoms with Gasteiger partial charge in [-0.1, -0.05) is 18.2 Å². The highest BCUT2D eigenvalue weighted by molar-refractivity contribution is 5.91. The Kier molecular flexibility index (Phi) is 9.18. The summed E-state index contributed by atoms with van der Waals surface area (Å²) in [7, 11) is 5.33. The van der Waals surface area contributed by atoms with Crippen LogP contribution in [0.2, 0.25) is 0 Å². The molecule has 0 saturated carbocycles. The molecule has 0 aliphatic rings. The maximum absolute atomic E-state index is 12.9. The van der Waals surface area contributed by atoms with Crippen LogP contribution in [0.15, 0.2) is 48.5 Å². The molecular formula is C23H29FN2O3. The molecule has 0 bridgehead atoms. The van der Waals surface area contributed by atoms with Crippen molar-refractivity contribution >= 4 is 12.0 Å². The molecular weight excluding hydrogens is 371 g/mol. The smallest absolute Gasteiger partial charge is 0.243 e. The van der Waals surface area contributed by atoms with Crippen molar-refractivity contribution in [3.63, 3.8) is 0 Å². The van der Waals surface area contributed by atoms with E-state index < -0.39 is 0 Å². The fraction of sp³-hybridized carbons (Fsp3) is 0.348. The molecule has 156 valence electrons. The zero-order valence-electron chi connectivity index (χ0n) is 17.3. The van der Waals surface area contributed by atoms with E-state index in [0.717, 1.165) is 43.0 Å². The zero-order chi connectivity index (χ0) is 21.1. The number of nitrogens with one attached hydrogen (secondary N) is 1. The highest BCUT2D eigenvalue weighted by atomic mass is 19.1. The molecule has 1 amide bonds. The molecule has 5 nitrogen and oxygen atoms in total. The van der Waals surface area contributed by atoms with E-state index in [1.165, 1.54) is 23.8 Å². The number of benzene rings is 2. The van der Waals surface area contributed by atoms with Crippen LogP contribution in [0.5, 0.6) is 11.5 Å². The maximum Gasteiger partial charge on any atom is 0.243 e. The van der Waals surface area contributed by atoms with E-state index in [2.05, 4.69) is 17.3 Å². The quantitative estimate of drug-likeness (QED) is 0.463. The van der Waals surface area contributed by atoms with E-state index in [0.29, 0.717) is 6.54 Å². The summed E-state index contributed by atoms with van der Waals surface area (Å²) >= 11 is 0. The van der Waals surface area contributed by atoms with Gasteiger partial charge < -0.3 is 19.7 Å². The highest BCUT2D eigenvalue weighted by Gasteiger charge is 2.06. The highest BCUT2D eigenvalue weighted by Crippen LogP contribution is 2.27. The van der Waals surface area contributed by atoms with E-state index in [4.69, 9.17) is 9.47 Å². The Balaban J connectivity index is 1.64. The Morgan fingerprint density at radius 3 is 2.48 bits per heavy atom. The molecule has 2 rings (SSSR count). The Hall–Kier alpha value is -2.86. The van der Waals surface area contributed by atoms with Gasteiger partial charge in [0.25, 0.3) is 0 Å². The number of hydrogen-bond acceptors (Lipinski definition) is 4. The first-order valence-corrected chi connectivity index (χ1v) is 9.62. The first-order valence-electron chi connectivity index (χ1n) is 9.62. The largest absolute Gasteiger partial charge is 0.493 e. The Bertz CT molecular complexity index is 806. The Labute approximate surface area is 172 Å². The third-order valence-corrected chi connectivity index (χ3v) is 4.54. The van der Waals surface area contributed by atoms with Crippen molar-refractivity contribution in [1.29, 1.82) is 0 Å². The van der Waals surface area contributed by atoms with Crippen molar-refractivity contribution in [3.8, 4) is 11.5 Å². The summed E-state index contributed by atoms with van der Waals surface area (Å²) in [6.45, 7) is 2.40. The van der Waals surface area contributed by atoms with Crippen molar-refractivity contribution in [3.05, 3.63) is 65.5 Å². The number of ether oxygens (including phenoxy) is 2. The number of halogens is 1. The minimum absolute atomic E-state index is 0.151. The number of nitrogens with zero attached hydrogens (tertiary/aromatic N) is 1. The van der Waals surface area contributed by atoms with Crippen LogP contribution in [0.25, 0.3) is 6.08 Å². The Morgan fingerprint density at radius 2 is 1.79 bits per heavy atom. The minimum atomic E-state index is -0.290. The number of likely N-dealkylation sites (N-methyl/N-ethyl adjacent to an activating group) is 1. The van der Waals surface area contributed by atoms with Gasteiger partial charge in [0.15, 0.2) is 11.5 Å². The SMILES string of the molecule is COc1ccc(CCN(C)CCCNC(=O)C=Cc2ccc(F)cc2)cc1OC. The van der Waals surface area contributed by atoms with Gasteiger partial charge in [-0.2, -0.15) is 0 Å². The van der Waals surface area contributed by atoms with E-state index >= 15 is 0 Å². The normalized spacial score (nSPS) is 11.1. The summed E-state index contributed by atoms with van der Waals surface area (Å²) in [5.74, 6) is 1.03. The first kappa shape index (κ1) is 22.4. The first-order chi connectivity index (χ1) is 14.0. The lowest BCUT2D eigenvalue weighted by Gasteiger charge is -2.17. The molecule has 0 saturated heterocycles. The van der Waals surface area contributed by atoms with Crippen LogP contribution in [-0.4, -0.2) is 51.7 Å². The summed E-state index contributed by atoms with van der Waals surface area (Å²) in [5.41, 5.74) is 1.98. The van der Waals surface area contributed by atoms with Gasteiger partial charge in [0.05, 0.1) is 14.2 Å². The molecule has 0 aliphatic carbocycles. The molecule has 2 aromatic rings. The lowest BCUT2D eigenvalue weighted by atomic mass is 10.1. The number of rotatable bonds is 11. The lowest BCUT2D eigenvalue weighted by Crippen LogP contribution is -2.28. The molecule has 0 radical (unpaired) electrons. The summed E-state index contributed by atoms with van der Waals surface area (Å²) in [6, 6.07) is 12.0. The van der Waals surface area contributed by atoms with E-state index in [-0.39, 0.29) is 11.7 Å². The van der Waals surface area contributed by atoms with Gasteiger partial charge in [-0.3, -0.25) is 4.79 Å². The van der Waals surface area contributed by atoms with Crippen molar-refractivity contribution in [1.82, 2.24) is 10.2 Å². The predicted molar refractivity (Wildman–Crippen MR) is 114 cm³/mol. The molecule has 0 aliphatic heterocycles. The van der Waals surface area contributed by atoms with Crippen LogP contribution >= 0.6 is 0 Å². The number of amides is 1. The summed E-state index contributed by atoms with van der Waals surface area (Å²) in [6.07, 6.45) is 4.90. The van der Waals surface area contributed by atoms with Crippen LogP contribution in [0, 0.1) is 5.82 Å². The average Bonchev–Trinajstić information content (AvgIpc) is 2.74. The summed E-state index contributed by atoms with van der Waals surface area (Å²) in [5, 5.41) is 2.86. The number of carbonyl (C=O) groups is 1. The van der Waals surface area contributed by atoms with E-state index in [1.54, 1.807) is 32.4 Å². The summed E-state index contributed by atoms with van der Waals surface area (Å²) < 4.78 is 23.5. The molecule has 0 unspecified atom stereocenters. The van der Waals surface area contributed by atoms with Gasteiger partial charge in [0.1, 0.15) is 5.82 Å². The summed E-state index contributed by atoms with van der Waals surface area (Å²) in [4.78, 5) is 14.1. The van der Waals surface area contributed by atoms with Crippen molar-refractivity contribution in [2.45, 2.75) is 12.8 Å². The van der Waals surface area contributed by atoms with Crippen molar-refractivity contribution in [2.24, 2.45) is 0 Å². The molecule has 0 fully saturated rings. The predicted octanol–water partition coefficient (Wildman–Crippen LogP) is 3.54. The maximum atomic E-state index is 12.9. The van der Waals surface area contributed by atoms with E-state index in [1.807, 2.05) is 18.2 Å². The molecule has 2 aromatic carbocycles. The van der Waals surface area contributed by atoms with Crippen LogP contribution < -0.4 is 14.8 Å². The molecule has 0 aromatic heterocycles. The van der Waals surface area contributed by atoms with Gasteiger partial charge in [-0.25, -0.2) is 4.39 Å². The third-order valence-electron chi connectivity index (χ3n) is 4.54. The van der Waals surface area contributed by atoms with Gasteiger partial charge in [0, 0.05) is 19.2 Å². The van der Waals surface area contributed by atoms with Gasteiger partial charge >= 0.3 is 0 Å². The van der Waals surface area contributed by atoms with Gasteiger partial charge in [0.2, 0.25) is 5.91 Å². The Morgan fingerprint density at radius 1 is 1.07 bits per heavy atom. The van der Waals surface area contributed by atoms with Crippen molar-refractivity contribution in [2.75, 3.05) is 40.9 Å². The second-order valence-electron chi connectivity index (χ2n) is 6.77. The standard InChI is InChI=1S/C23H29FN2O3/c1-26(16-13-19-7-11-21(28-2)22(17-19)29-3)15-4-14-25-23(27)12-8-18-5-9-20(24)10-6-18/h5-12,17H,4,13-16H2,1-3H3,(H,25,27). The number of carbonyl (C=O) groups excluding carboxylic acids is 1. The average molecular weight is 400 g/mol. The molecule has 6 heteroatoms. The van der Waals surface area contributed by atoms with Gasteiger partial charge in [-0.15, -0.1) is 0 Å². The van der Waals surface area contributed by atoms with Crippen LogP contribution in [0.4, 0.5) is 4.39 Å². The van der Waals surface area contributed by atoms with Crippen LogP contribution in [-0.2, 0) is 11.2 Å².